The molecule has 0 saturated carbocycles. The van der Waals surface area contributed by atoms with Crippen molar-refractivity contribution in [2.24, 2.45) is 0 Å². The van der Waals surface area contributed by atoms with Gasteiger partial charge in [-0.2, -0.15) is 4.31 Å². The number of sulfonamides is 1. The van der Waals surface area contributed by atoms with Gasteiger partial charge in [-0.1, -0.05) is 48.0 Å². The molecule has 7 heteroatoms. The number of halogens is 1. The Bertz CT molecular complexity index is 869. The predicted octanol–water partition coefficient (Wildman–Crippen LogP) is 2.25. The van der Waals surface area contributed by atoms with Gasteiger partial charge in [0.05, 0.1) is 12.8 Å². The summed E-state index contributed by atoms with van der Waals surface area (Å²) in [7, 11) is -3.58. The van der Waals surface area contributed by atoms with Gasteiger partial charge < -0.3 is 5.32 Å². The Morgan fingerprint density at radius 1 is 1.15 bits per heavy atom. The molecule has 5 nitrogen and oxygen atoms in total. The van der Waals surface area contributed by atoms with Gasteiger partial charge in [0, 0.05) is 13.1 Å². The van der Waals surface area contributed by atoms with Crippen molar-refractivity contribution in [3.63, 3.8) is 0 Å². The Kier molecular flexibility index (Phi) is 6.88. The van der Waals surface area contributed by atoms with Gasteiger partial charge in [-0.3, -0.25) is 4.79 Å². The first-order chi connectivity index (χ1) is 12.3. The summed E-state index contributed by atoms with van der Waals surface area (Å²) in [5, 5.41) is 2.72. The SMILES string of the molecule is Cc1cccc(CNC(=O)CN(CCc2ccccc2F)S(C)(=O)=O)c1. The zero-order valence-corrected chi connectivity index (χ0v) is 15.7. The summed E-state index contributed by atoms with van der Waals surface area (Å²) in [6.07, 6.45) is 1.24. The van der Waals surface area contributed by atoms with E-state index in [0.29, 0.717) is 12.1 Å². The van der Waals surface area contributed by atoms with Gasteiger partial charge >= 0.3 is 0 Å². The molecule has 1 amide bonds. The number of aryl methyl sites for hydroxylation is 1. The molecule has 2 aromatic carbocycles. The maximum atomic E-state index is 13.7. The van der Waals surface area contributed by atoms with Gasteiger partial charge in [0.1, 0.15) is 5.82 Å². The van der Waals surface area contributed by atoms with E-state index in [-0.39, 0.29) is 25.3 Å². The zero-order chi connectivity index (χ0) is 19.2. The van der Waals surface area contributed by atoms with E-state index >= 15 is 0 Å². The molecule has 0 aliphatic carbocycles. The zero-order valence-electron chi connectivity index (χ0n) is 14.9. The molecule has 2 rings (SSSR count). The third kappa shape index (κ3) is 6.24. The number of rotatable bonds is 8. The Morgan fingerprint density at radius 2 is 1.88 bits per heavy atom. The number of hydrogen-bond acceptors (Lipinski definition) is 3. The normalized spacial score (nSPS) is 11.5. The summed E-state index contributed by atoms with van der Waals surface area (Å²) in [5.74, 6) is -0.782. The summed E-state index contributed by atoms with van der Waals surface area (Å²) in [6.45, 7) is 2.03. The summed E-state index contributed by atoms with van der Waals surface area (Å²) < 4.78 is 38.6. The molecular formula is C19H23FN2O3S. The molecule has 0 fully saturated rings. The van der Waals surface area contributed by atoms with Gasteiger partial charge in [0.15, 0.2) is 0 Å². The Balaban J connectivity index is 1.94. The minimum Gasteiger partial charge on any atom is -0.351 e. The predicted molar refractivity (Wildman–Crippen MR) is 99.5 cm³/mol. The molecule has 0 aromatic heterocycles. The molecule has 0 bridgehead atoms. The summed E-state index contributed by atoms with van der Waals surface area (Å²) in [5.41, 5.74) is 2.44. The van der Waals surface area contributed by atoms with E-state index in [9.17, 15) is 17.6 Å². The number of carbonyl (C=O) groups excluding carboxylic acids is 1. The maximum Gasteiger partial charge on any atom is 0.235 e. The van der Waals surface area contributed by atoms with Crippen LogP contribution in [-0.4, -0.2) is 38.0 Å². The van der Waals surface area contributed by atoms with Crippen LogP contribution in [0.1, 0.15) is 16.7 Å². The number of carbonyl (C=O) groups is 1. The van der Waals surface area contributed by atoms with E-state index in [1.165, 1.54) is 6.07 Å². The Morgan fingerprint density at radius 3 is 2.54 bits per heavy atom. The smallest absolute Gasteiger partial charge is 0.235 e. The Labute approximate surface area is 153 Å². The molecule has 0 atom stereocenters. The second-order valence-electron chi connectivity index (χ2n) is 6.20. The molecule has 0 heterocycles. The van der Waals surface area contributed by atoms with E-state index < -0.39 is 15.9 Å². The highest BCUT2D eigenvalue weighted by atomic mass is 32.2. The average molecular weight is 378 g/mol. The van der Waals surface area contributed by atoms with Crippen LogP contribution >= 0.6 is 0 Å². The van der Waals surface area contributed by atoms with Gasteiger partial charge in [-0.25, -0.2) is 12.8 Å². The van der Waals surface area contributed by atoms with Crippen LogP contribution in [0.3, 0.4) is 0 Å². The van der Waals surface area contributed by atoms with Crippen LogP contribution < -0.4 is 5.32 Å². The maximum absolute atomic E-state index is 13.7. The number of hydrogen-bond donors (Lipinski definition) is 1. The fourth-order valence-corrected chi connectivity index (χ4v) is 3.32. The van der Waals surface area contributed by atoms with Crippen LogP contribution in [-0.2, 0) is 27.8 Å². The third-order valence-corrected chi connectivity index (χ3v) is 5.20. The van der Waals surface area contributed by atoms with Crippen LogP contribution in [0.15, 0.2) is 48.5 Å². The standard InChI is InChI=1S/C19H23FN2O3S/c1-15-6-5-7-16(12-15)13-21-19(23)14-22(26(2,24)25)11-10-17-8-3-4-9-18(17)20/h3-9,12H,10-11,13-14H2,1-2H3,(H,21,23). The first-order valence-corrected chi connectivity index (χ1v) is 10.1. The summed E-state index contributed by atoms with van der Waals surface area (Å²) in [4.78, 5) is 12.1. The van der Waals surface area contributed by atoms with E-state index in [1.54, 1.807) is 18.2 Å². The van der Waals surface area contributed by atoms with Crippen LogP contribution in [0.5, 0.6) is 0 Å². The highest BCUT2D eigenvalue weighted by Crippen LogP contribution is 2.09. The largest absolute Gasteiger partial charge is 0.351 e. The minimum absolute atomic E-state index is 0.0393. The van der Waals surface area contributed by atoms with E-state index in [1.807, 2.05) is 31.2 Å². The van der Waals surface area contributed by atoms with Gasteiger partial charge in [0.2, 0.25) is 15.9 Å². The van der Waals surface area contributed by atoms with Crippen molar-refractivity contribution in [2.45, 2.75) is 19.9 Å². The van der Waals surface area contributed by atoms with E-state index in [2.05, 4.69) is 5.32 Å². The second kappa shape index (κ2) is 8.91. The first kappa shape index (κ1) is 20.1. The van der Waals surface area contributed by atoms with E-state index in [4.69, 9.17) is 0 Å². The van der Waals surface area contributed by atoms with E-state index in [0.717, 1.165) is 21.7 Å². The molecule has 1 N–H and O–H groups in total. The summed E-state index contributed by atoms with van der Waals surface area (Å²) in [6, 6.07) is 13.9. The number of amides is 1. The van der Waals surface area contributed by atoms with Crippen molar-refractivity contribution in [3.8, 4) is 0 Å². The fourth-order valence-electron chi connectivity index (χ4n) is 2.55. The van der Waals surface area contributed by atoms with Crippen molar-refractivity contribution < 1.29 is 17.6 Å². The van der Waals surface area contributed by atoms with Crippen LogP contribution in [0.2, 0.25) is 0 Å². The van der Waals surface area contributed by atoms with Crippen molar-refractivity contribution in [1.82, 2.24) is 9.62 Å². The van der Waals surface area contributed by atoms with Crippen molar-refractivity contribution in [1.29, 1.82) is 0 Å². The molecule has 0 unspecified atom stereocenters. The molecule has 0 aliphatic heterocycles. The lowest BCUT2D eigenvalue weighted by molar-refractivity contribution is -0.121. The number of nitrogens with zero attached hydrogens (tertiary/aromatic N) is 1. The first-order valence-electron chi connectivity index (χ1n) is 8.26. The van der Waals surface area contributed by atoms with Crippen molar-refractivity contribution >= 4 is 15.9 Å². The molecule has 140 valence electrons. The lowest BCUT2D eigenvalue weighted by Crippen LogP contribution is -2.41. The number of nitrogens with one attached hydrogen (secondary N) is 1. The van der Waals surface area contributed by atoms with Crippen LogP contribution in [0.4, 0.5) is 4.39 Å². The Hall–Kier alpha value is -2.25. The van der Waals surface area contributed by atoms with Gasteiger partial charge in [0.25, 0.3) is 0 Å². The monoisotopic (exact) mass is 378 g/mol. The quantitative estimate of drug-likeness (QED) is 0.766. The fraction of sp³-hybridized carbons (Fsp3) is 0.316. The molecule has 0 aliphatic rings. The topological polar surface area (TPSA) is 66.5 Å². The lowest BCUT2D eigenvalue weighted by atomic mass is 10.1. The highest BCUT2D eigenvalue weighted by molar-refractivity contribution is 7.88. The van der Waals surface area contributed by atoms with Crippen molar-refractivity contribution in [3.05, 3.63) is 71.0 Å². The molecule has 0 saturated heterocycles. The molecule has 2 aromatic rings. The molecule has 26 heavy (non-hydrogen) atoms. The van der Waals surface area contributed by atoms with Crippen LogP contribution in [0, 0.1) is 12.7 Å². The minimum atomic E-state index is -3.58. The molecule has 0 radical (unpaired) electrons. The summed E-state index contributed by atoms with van der Waals surface area (Å²) >= 11 is 0. The third-order valence-electron chi connectivity index (χ3n) is 3.95. The van der Waals surface area contributed by atoms with Gasteiger partial charge in [-0.05, 0) is 30.5 Å². The van der Waals surface area contributed by atoms with Crippen molar-refractivity contribution in [2.75, 3.05) is 19.3 Å². The average Bonchev–Trinajstić information content (AvgIpc) is 2.57. The number of benzene rings is 2. The second-order valence-corrected chi connectivity index (χ2v) is 8.19. The lowest BCUT2D eigenvalue weighted by Gasteiger charge is -2.19. The van der Waals surface area contributed by atoms with Crippen LogP contribution in [0.25, 0.3) is 0 Å². The van der Waals surface area contributed by atoms with Gasteiger partial charge in [-0.15, -0.1) is 0 Å². The molecular weight excluding hydrogens is 355 g/mol. The highest BCUT2D eigenvalue weighted by Gasteiger charge is 2.20. The molecule has 0 spiro atoms.